The summed E-state index contributed by atoms with van der Waals surface area (Å²) in [4.78, 5) is 25.7. The van der Waals surface area contributed by atoms with E-state index in [1.807, 2.05) is 0 Å². The number of methoxy groups -OCH3 is 1. The first kappa shape index (κ1) is 12.0. The summed E-state index contributed by atoms with van der Waals surface area (Å²) in [6, 6.07) is 0. The summed E-state index contributed by atoms with van der Waals surface area (Å²) >= 11 is 0. The summed E-state index contributed by atoms with van der Waals surface area (Å²) in [6.07, 6.45) is 1.43. The number of amides is 1. The average Bonchev–Trinajstić information content (AvgIpc) is 2.59. The molecule has 0 spiro atoms. The molecule has 7 nitrogen and oxygen atoms in total. The summed E-state index contributed by atoms with van der Waals surface area (Å²) in [5.41, 5.74) is 5.77. The predicted molar refractivity (Wildman–Crippen MR) is 56.7 cm³/mol. The lowest BCUT2D eigenvalue weighted by Crippen LogP contribution is -2.24. The predicted octanol–water partition coefficient (Wildman–Crippen LogP) is -0.612. The molecule has 0 atom stereocenters. The van der Waals surface area contributed by atoms with Gasteiger partial charge in [-0.15, -0.1) is 0 Å². The number of carbonyl (C=O) groups excluding carboxylic acids is 2. The number of nitrogens with one attached hydrogen (secondary N) is 1. The van der Waals surface area contributed by atoms with Crippen molar-refractivity contribution in [3.63, 3.8) is 0 Å². The van der Waals surface area contributed by atoms with Crippen LogP contribution in [0.5, 0.6) is 0 Å². The van der Waals surface area contributed by atoms with Crippen molar-refractivity contribution >= 4 is 17.7 Å². The molecule has 1 rings (SSSR count). The Kier molecular flexibility index (Phi) is 3.87. The zero-order chi connectivity index (χ0) is 12.1. The second kappa shape index (κ2) is 5.15. The highest BCUT2D eigenvalue weighted by atomic mass is 16.5. The number of rotatable bonds is 4. The van der Waals surface area contributed by atoms with Gasteiger partial charge in [-0.3, -0.25) is 4.79 Å². The number of ether oxygens (including phenoxy) is 1. The molecule has 7 heteroatoms. The summed E-state index contributed by atoms with van der Waals surface area (Å²) in [5, 5.41) is 2.61. The van der Waals surface area contributed by atoms with E-state index in [-0.39, 0.29) is 17.4 Å². The second-order valence-electron chi connectivity index (χ2n) is 3.15. The first-order chi connectivity index (χ1) is 7.56. The molecule has 0 radical (unpaired) electrons. The number of carbonyl (C=O) groups is 2. The summed E-state index contributed by atoms with van der Waals surface area (Å²) in [6.45, 7) is 2.31. The normalized spacial score (nSPS) is 9.88. The molecule has 16 heavy (non-hydrogen) atoms. The van der Waals surface area contributed by atoms with Gasteiger partial charge >= 0.3 is 5.97 Å². The van der Waals surface area contributed by atoms with Crippen LogP contribution in [0.1, 0.15) is 17.4 Å². The maximum absolute atomic E-state index is 11.2. The number of esters is 1. The fourth-order valence-electron chi connectivity index (χ4n) is 1.18. The van der Waals surface area contributed by atoms with Gasteiger partial charge in [0.2, 0.25) is 5.91 Å². The second-order valence-corrected chi connectivity index (χ2v) is 3.15. The van der Waals surface area contributed by atoms with Crippen LogP contribution < -0.4 is 11.1 Å². The number of hydrogen-bond acceptors (Lipinski definition) is 5. The van der Waals surface area contributed by atoms with Crippen LogP contribution >= 0.6 is 0 Å². The van der Waals surface area contributed by atoms with Crippen LogP contribution in [-0.4, -0.2) is 35.1 Å². The largest absolute Gasteiger partial charge is 0.464 e. The van der Waals surface area contributed by atoms with Crippen LogP contribution in [0, 0.1) is 0 Å². The minimum absolute atomic E-state index is 0.0883. The quantitative estimate of drug-likeness (QED) is 0.667. The van der Waals surface area contributed by atoms with E-state index in [1.165, 1.54) is 20.4 Å². The molecule has 0 saturated heterocycles. The summed E-state index contributed by atoms with van der Waals surface area (Å²) < 4.78 is 6.08. The Morgan fingerprint density at radius 1 is 1.62 bits per heavy atom. The van der Waals surface area contributed by atoms with Gasteiger partial charge in [-0.05, 0) is 0 Å². The molecule has 1 aromatic rings. The Bertz CT molecular complexity index is 399. The fourth-order valence-corrected chi connectivity index (χ4v) is 1.18. The molecule has 0 aliphatic rings. The SMILES string of the molecule is COC(=O)c1ncn(CCNC(C)=O)c1N. The maximum atomic E-state index is 11.2. The van der Waals surface area contributed by atoms with Gasteiger partial charge in [0.15, 0.2) is 5.69 Å². The summed E-state index contributed by atoms with van der Waals surface area (Å²) in [5.74, 6) is -0.458. The molecule has 1 aromatic heterocycles. The molecular weight excluding hydrogens is 212 g/mol. The van der Waals surface area contributed by atoms with Gasteiger partial charge in [0, 0.05) is 20.0 Å². The Morgan fingerprint density at radius 3 is 2.88 bits per heavy atom. The van der Waals surface area contributed by atoms with Crippen molar-refractivity contribution in [1.29, 1.82) is 0 Å². The van der Waals surface area contributed by atoms with Crippen molar-refractivity contribution in [3.8, 4) is 0 Å². The molecule has 1 heterocycles. The molecule has 0 aliphatic carbocycles. The van der Waals surface area contributed by atoms with E-state index in [1.54, 1.807) is 4.57 Å². The molecule has 0 saturated carbocycles. The van der Waals surface area contributed by atoms with Gasteiger partial charge in [-0.2, -0.15) is 0 Å². The minimum Gasteiger partial charge on any atom is -0.464 e. The smallest absolute Gasteiger partial charge is 0.360 e. The number of nitrogens with two attached hydrogens (primary N) is 1. The molecule has 88 valence electrons. The van der Waals surface area contributed by atoms with E-state index in [2.05, 4.69) is 15.0 Å². The highest BCUT2D eigenvalue weighted by molar-refractivity contribution is 5.92. The van der Waals surface area contributed by atoms with Crippen molar-refractivity contribution in [2.24, 2.45) is 0 Å². The molecule has 1 amide bonds. The van der Waals surface area contributed by atoms with E-state index in [4.69, 9.17) is 5.73 Å². The first-order valence-corrected chi connectivity index (χ1v) is 4.69. The Morgan fingerprint density at radius 2 is 2.31 bits per heavy atom. The van der Waals surface area contributed by atoms with Gasteiger partial charge in [-0.1, -0.05) is 0 Å². The zero-order valence-electron chi connectivity index (χ0n) is 9.19. The lowest BCUT2D eigenvalue weighted by Gasteiger charge is -2.05. The number of nitrogen functional groups attached to an aromatic ring is 1. The highest BCUT2D eigenvalue weighted by Gasteiger charge is 2.15. The average molecular weight is 226 g/mol. The fraction of sp³-hybridized carbons (Fsp3) is 0.444. The Hall–Kier alpha value is -2.05. The molecule has 0 aliphatic heterocycles. The number of hydrogen-bond donors (Lipinski definition) is 2. The van der Waals surface area contributed by atoms with Crippen molar-refractivity contribution in [3.05, 3.63) is 12.0 Å². The molecule has 0 fully saturated rings. The van der Waals surface area contributed by atoms with Crippen LogP contribution in [0.4, 0.5) is 5.82 Å². The van der Waals surface area contributed by atoms with E-state index in [0.29, 0.717) is 13.1 Å². The van der Waals surface area contributed by atoms with Crippen LogP contribution in [0.25, 0.3) is 0 Å². The van der Waals surface area contributed by atoms with Crippen molar-refractivity contribution in [1.82, 2.24) is 14.9 Å². The molecule has 3 N–H and O–H groups in total. The Balaban J connectivity index is 2.65. The van der Waals surface area contributed by atoms with E-state index >= 15 is 0 Å². The lowest BCUT2D eigenvalue weighted by atomic mass is 10.4. The Labute approximate surface area is 92.6 Å². The number of nitrogens with zero attached hydrogens (tertiary/aromatic N) is 2. The number of anilines is 1. The highest BCUT2D eigenvalue weighted by Crippen LogP contribution is 2.10. The van der Waals surface area contributed by atoms with Crippen LogP contribution in [0.2, 0.25) is 0 Å². The van der Waals surface area contributed by atoms with E-state index < -0.39 is 5.97 Å². The third kappa shape index (κ3) is 2.72. The zero-order valence-corrected chi connectivity index (χ0v) is 9.19. The minimum atomic E-state index is -0.573. The van der Waals surface area contributed by atoms with Gasteiger partial charge in [-0.25, -0.2) is 9.78 Å². The first-order valence-electron chi connectivity index (χ1n) is 4.69. The molecule has 0 bridgehead atoms. The topological polar surface area (TPSA) is 99.2 Å². The van der Waals surface area contributed by atoms with E-state index in [9.17, 15) is 9.59 Å². The van der Waals surface area contributed by atoms with E-state index in [0.717, 1.165) is 0 Å². The van der Waals surface area contributed by atoms with Crippen molar-refractivity contribution in [2.45, 2.75) is 13.5 Å². The molecule has 0 unspecified atom stereocenters. The third-order valence-corrected chi connectivity index (χ3v) is 1.98. The van der Waals surface area contributed by atoms with Gasteiger partial charge < -0.3 is 20.4 Å². The standard InChI is InChI=1S/C9H14N4O3/c1-6(14)11-3-4-13-5-12-7(8(13)10)9(15)16-2/h5H,3-4,10H2,1-2H3,(H,11,14). The third-order valence-electron chi connectivity index (χ3n) is 1.98. The monoisotopic (exact) mass is 226 g/mol. The maximum Gasteiger partial charge on any atom is 0.360 e. The lowest BCUT2D eigenvalue weighted by molar-refractivity contribution is -0.118. The molecular formula is C9H14N4O3. The van der Waals surface area contributed by atoms with Crippen LogP contribution in [0.3, 0.4) is 0 Å². The van der Waals surface area contributed by atoms with Gasteiger partial charge in [0.1, 0.15) is 5.82 Å². The van der Waals surface area contributed by atoms with Crippen molar-refractivity contribution in [2.75, 3.05) is 19.4 Å². The van der Waals surface area contributed by atoms with Gasteiger partial charge in [0.05, 0.1) is 13.4 Å². The van der Waals surface area contributed by atoms with Crippen molar-refractivity contribution < 1.29 is 14.3 Å². The number of aromatic nitrogens is 2. The summed E-state index contributed by atoms with van der Waals surface area (Å²) in [7, 11) is 1.26. The van der Waals surface area contributed by atoms with Crippen LogP contribution in [0.15, 0.2) is 6.33 Å². The number of imidazole rings is 1. The van der Waals surface area contributed by atoms with Gasteiger partial charge in [0.25, 0.3) is 0 Å². The van der Waals surface area contributed by atoms with Crippen LogP contribution in [-0.2, 0) is 16.1 Å². The molecule has 0 aromatic carbocycles.